The Bertz CT molecular complexity index is 2190. The molecule has 4 aromatic heterocycles. The van der Waals surface area contributed by atoms with E-state index in [0.29, 0.717) is 49.9 Å². The Kier molecular flexibility index (Phi) is 6.89. The highest BCUT2D eigenvalue weighted by Crippen LogP contribution is 2.38. The van der Waals surface area contributed by atoms with Crippen LogP contribution in [0.2, 0.25) is 0 Å². The molecule has 0 amide bonds. The van der Waals surface area contributed by atoms with Crippen LogP contribution in [0, 0.1) is 6.92 Å². The number of aromatic nitrogens is 6. The molecule has 2 aromatic carbocycles. The zero-order valence-electron chi connectivity index (χ0n) is 24.0. The molecular weight excluding hydrogens is 589 g/mol. The van der Waals surface area contributed by atoms with Gasteiger partial charge in [-0.1, -0.05) is 30.3 Å². The summed E-state index contributed by atoms with van der Waals surface area (Å²) in [5.74, 6) is 0.572. The van der Waals surface area contributed by atoms with Gasteiger partial charge in [-0.25, -0.2) is 28.1 Å². The number of aryl methyl sites for hydroxylation is 1. The number of thiazole rings is 1. The number of nitrogens with two attached hydrogens (primary N) is 1. The Hall–Kier alpha value is -4.82. The first kappa shape index (κ1) is 28.3. The zero-order valence-corrected chi connectivity index (χ0v) is 25.6. The lowest BCUT2D eigenvalue weighted by Gasteiger charge is -2.20. The van der Waals surface area contributed by atoms with Crippen LogP contribution in [0.3, 0.4) is 0 Å². The molecule has 0 unspecified atom stereocenters. The number of benzene rings is 2. The summed E-state index contributed by atoms with van der Waals surface area (Å²) < 4.78 is 34.7. The molecule has 220 valence electrons. The molecule has 0 spiro atoms. The lowest BCUT2D eigenvalue weighted by molar-refractivity contribution is 0.416. The maximum Gasteiger partial charge on any atom is 0.266 e. The van der Waals surface area contributed by atoms with E-state index < -0.39 is 16.1 Å². The molecule has 0 aliphatic carbocycles. The summed E-state index contributed by atoms with van der Waals surface area (Å²) in [6.45, 7) is 3.78. The fourth-order valence-corrected chi connectivity index (χ4v) is 6.49. The van der Waals surface area contributed by atoms with Gasteiger partial charge in [-0.15, -0.1) is 11.3 Å². The average molecular weight is 617 g/mol. The van der Waals surface area contributed by atoms with Crippen molar-refractivity contribution < 1.29 is 13.2 Å². The van der Waals surface area contributed by atoms with Crippen LogP contribution in [-0.4, -0.2) is 58.0 Å². The number of nitrogens with zero attached hydrogens (tertiary/aromatic N) is 7. The molecule has 4 heterocycles. The van der Waals surface area contributed by atoms with Crippen molar-refractivity contribution in [3.05, 3.63) is 82.0 Å². The van der Waals surface area contributed by atoms with Gasteiger partial charge in [-0.05, 0) is 37.6 Å². The van der Waals surface area contributed by atoms with E-state index in [0.717, 1.165) is 21.8 Å². The van der Waals surface area contributed by atoms with Gasteiger partial charge in [0.2, 0.25) is 10.0 Å². The molecule has 6 aromatic rings. The molecule has 14 heteroatoms. The molecular formula is C29H28N8O4S2. The quantitative estimate of drug-likeness (QED) is 0.279. The van der Waals surface area contributed by atoms with Gasteiger partial charge in [-0.3, -0.25) is 13.5 Å². The maximum absolute atomic E-state index is 13.9. The second kappa shape index (κ2) is 10.5. The zero-order chi connectivity index (χ0) is 30.6. The van der Waals surface area contributed by atoms with Crippen LogP contribution in [0.15, 0.2) is 65.0 Å². The minimum Gasteiger partial charge on any atom is -0.495 e. The first-order chi connectivity index (χ1) is 20.5. The fraction of sp³-hybridized carbons (Fsp3) is 0.207. The molecule has 12 nitrogen and oxygen atoms in total. The third-order valence-corrected chi connectivity index (χ3v) is 9.54. The molecule has 0 aliphatic heterocycles. The van der Waals surface area contributed by atoms with Crippen molar-refractivity contribution >= 4 is 48.9 Å². The largest absolute Gasteiger partial charge is 0.495 e. The Morgan fingerprint density at radius 3 is 2.53 bits per heavy atom. The molecule has 2 N–H and O–H groups in total. The summed E-state index contributed by atoms with van der Waals surface area (Å²) in [4.78, 5) is 28.2. The Labute approximate surface area is 251 Å². The monoisotopic (exact) mass is 616 g/mol. The lowest BCUT2D eigenvalue weighted by atomic mass is 10.0. The van der Waals surface area contributed by atoms with Gasteiger partial charge in [0.05, 0.1) is 41.7 Å². The molecule has 0 saturated carbocycles. The van der Waals surface area contributed by atoms with Crippen LogP contribution in [0.5, 0.6) is 5.75 Å². The first-order valence-corrected chi connectivity index (χ1v) is 15.9. The fourth-order valence-electron chi connectivity index (χ4n) is 5.12. The Balaban J connectivity index is 1.61. The van der Waals surface area contributed by atoms with Gasteiger partial charge in [0.15, 0.2) is 10.6 Å². The molecule has 0 radical (unpaired) electrons. The van der Waals surface area contributed by atoms with E-state index in [1.807, 2.05) is 49.6 Å². The van der Waals surface area contributed by atoms with Crippen molar-refractivity contribution in [2.24, 2.45) is 0 Å². The van der Waals surface area contributed by atoms with Crippen molar-refractivity contribution in [1.82, 2.24) is 29.1 Å². The minimum atomic E-state index is -3.59. The van der Waals surface area contributed by atoms with E-state index in [4.69, 9.17) is 20.6 Å². The van der Waals surface area contributed by atoms with Crippen LogP contribution < -0.4 is 20.3 Å². The van der Waals surface area contributed by atoms with Gasteiger partial charge < -0.3 is 10.5 Å². The predicted octanol–water partition coefficient (Wildman–Crippen LogP) is 4.13. The van der Waals surface area contributed by atoms with Crippen molar-refractivity contribution in [2.45, 2.75) is 19.9 Å². The lowest BCUT2D eigenvalue weighted by Crippen LogP contribution is -2.25. The van der Waals surface area contributed by atoms with Crippen molar-refractivity contribution in [1.29, 1.82) is 0 Å². The van der Waals surface area contributed by atoms with Crippen molar-refractivity contribution in [2.75, 3.05) is 30.5 Å². The Morgan fingerprint density at radius 1 is 1.09 bits per heavy atom. The molecule has 6 rings (SSSR count). The highest BCUT2D eigenvalue weighted by atomic mass is 32.2. The molecule has 1 atom stereocenters. The van der Waals surface area contributed by atoms with Crippen molar-refractivity contribution in [3.8, 4) is 28.1 Å². The van der Waals surface area contributed by atoms with Gasteiger partial charge in [-0.2, -0.15) is 5.10 Å². The van der Waals surface area contributed by atoms with Gasteiger partial charge in [0.25, 0.3) is 5.56 Å². The highest BCUT2D eigenvalue weighted by Gasteiger charge is 2.27. The smallest absolute Gasteiger partial charge is 0.266 e. The van der Waals surface area contributed by atoms with E-state index >= 15 is 0 Å². The number of sulfonamides is 1. The molecule has 0 fully saturated rings. The van der Waals surface area contributed by atoms with Gasteiger partial charge in [0, 0.05) is 23.7 Å². The number of anilines is 2. The standard InChI is InChI=1S/C29H28N8O4S2/c1-16-14-42-29-33-24(22(28(38)36(16)29)18-9-7-6-8-10-18)17(2)37-27-23(26(30)31-15-32-27)25(34-37)19-11-12-21(41-4)20(13-19)35(3)43(5,39)40/h6-15,17H,1-5H3,(H2,30,31,32)/t17-/m0/s1. The number of nitrogen functional groups attached to an aromatic ring is 1. The SMILES string of the molecule is COc1ccc(-c2nn([C@@H](C)c3nc4scc(C)n4c(=O)c3-c3ccccc3)c3ncnc(N)c23)cc1N(C)S(C)(=O)=O. The summed E-state index contributed by atoms with van der Waals surface area (Å²) in [6.07, 6.45) is 2.47. The summed E-state index contributed by atoms with van der Waals surface area (Å²) in [5, 5.41) is 7.33. The maximum atomic E-state index is 13.9. The third-order valence-electron chi connectivity index (χ3n) is 7.40. The predicted molar refractivity (Wildman–Crippen MR) is 168 cm³/mol. The summed E-state index contributed by atoms with van der Waals surface area (Å²) >= 11 is 1.39. The third kappa shape index (κ3) is 4.68. The number of fused-ring (bicyclic) bond motifs is 2. The normalized spacial score (nSPS) is 12.6. The number of rotatable bonds is 7. The van der Waals surface area contributed by atoms with Crippen LogP contribution in [-0.2, 0) is 10.0 Å². The summed E-state index contributed by atoms with van der Waals surface area (Å²) in [7, 11) is -0.675. The van der Waals surface area contributed by atoms with Gasteiger partial charge in [0.1, 0.15) is 23.6 Å². The number of hydrogen-bond donors (Lipinski definition) is 1. The van der Waals surface area contributed by atoms with E-state index in [1.54, 1.807) is 27.3 Å². The molecule has 0 bridgehead atoms. The minimum absolute atomic E-state index is 0.175. The number of hydrogen-bond acceptors (Lipinski definition) is 10. The van der Waals surface area contributed by atoms with Crippen LogP contribution in [0.4, 0.5) is 11.5 Å². The van der Waals surface area contributed by atoms with Gasteiger partial charge >= 0.3 is 0 Å². The van der Waals surface area contributed by atoms with Crippen LogP contribution in [0.25, 0.3) is 38.4 Å². The molecule has 43 heavy (non-hydrogen) atoms. The van der Waals surface area contributed by atoms with E-state index in [2.05, 4.69) is 9.97 Å². The van der Waals surface area contributed by atoms with E-state index in [1.165, 1.54) is 31.8 Å². The van der Waals surface area contributed by atoms with Crippen molar-refractivity contribution in [3.63, 3.8) is 0 Å². The summed E-state index contributed by atoms with van der Waals surface area (Å²) in [6, 6.07) is 14.0. The average Bonchev–Trinajstić information content (AvgIpc) is 3.57. The second-order valence-corrected chi connectivity index (χ2v) is 12.9. The first-order valence-electron chi connectivity index (χ1n) is 13.2. The topological polar surface area (TPSA) is 151 Å². The number of methoxy groups -OCH3 is 1. The molecule has 0 saturated heterocycles. The van der Waals surface area contributed by atoms with Crippen LogP contribution in [0.1, 0.15) is 24.4 Å². The van der Waals surface area contributed by atoms with E-state index in [-0.39, 0.29) is 11.4 Å². The summed E-state index contributed by atoms with van der Waals surface area (Å²) in [5.41, 5.74) is 10.5. The van der Waals surface area contributed by atoms with Crippen LogP contribution >= 0.6 is 11.3 Å². The second-order valence-electron chi connectivity index (χ2n) is 10.1. The Morgan fingerprint density at radius 2 is 1.84 bits per heavy atom. The molecule has 0 aliphatic rings. The highest BCUT2D eigenvalue weighted by molar-refractivity contribution is 7.92. The van der Waals surface area contributed by atoms with E-state index in [9.17, 15) is 13.2 Å². The number of ether oxygens (including phenoxy) is 1.